The summed E-state index contributed by atoms with van der Waals surface area (Å²) in [6, 6.07) is 0. The maximum absolute atomic E-state index is 14.2. The van der Waals surface area contributed by atoms with E-state index < -0.39 is 5.67 Å². The Morgan fingerprint density at radius 3 is 1.90 bits per heavy atom. The molecule has 0 bridgehead atoms. The van der Waals surface area contributed by atoms with Gasteiger partial charge < -0.3 is 0 Å². The van der Waals surface area contributed by atoms with E-state index in [9.17, 15) is 9.18 Å². The molecule has 0 saturated carbocycles. The molecular formula is C18H31FO. The Bertz CT molecular complexity index is 371. The molecule has 0 aromatic heterocycles. The van der Waals surface area contributed by atoms with Gasteiger partial charge in [-0.05, 0) is 50.4 Å². The van der Waals surface area contributed by atoms with Gasteiger partial charge in [-0.1, -0.05) is 46.3 Å². The highest BCUT2D eigenvalue weighted by Crippen LogP contribution is 2.39. The quantitative estimate of drug-likeness (QED) is 0.433. The van der Waals surface area contributed by atoms with E-state index in [1.807, 2.05) is 19.9 Å². The van der Waals surface area contributed by atoms with Crippen LogP contribution in [0.1, 0.15) is 74.1 Å². The summed E-state index contributed by atoms with van der Waals surface area (Å²) in [7, 11) is 0. The molecule has 0 rings (SSSR count). The summed E-state index contributed by atoms with van der Waals surface area (Å²) in [6.45, 7) is 13.8. The average molecular weight is 282 g/mol. The monoisotopic (exact) mass is 282 g/mol. The minimum Gasteiger partial charge on any atom is -0.244 e. The molecule has 1 nitrogen and oxygen atoms in total. The van der Waals surface area contributed by atoms with Crippen molar-refractivity contribution in [3.05, 3.63) is 17.7 Å². The topological polar surface area (TPSA) is 17.1 Å². The van der Waals surface area contributed by atoms with Crippen LogP contribution in [0.2, 0.25) is 0 Å². The van der Waals surface area contributed by atoms with E-state index in [4.69, 9.17) is 0 Å². The van der Waals surface area contributed by atoms with Gasteiger partial charge in [0, 0.05) is 6.08 Å². The molecule has 0 aromatic carbocycles. The van der Waals surface area contributed by atoms with Crippen molar-refractivity contribution in [2.75, 3.05) is 0 Å². The molecule has 0 aliphatic carbocycles. The minimum absolute atomic E-state index is 0.263. The van der Waals surface area contributed by atoms with Crippen LogP contribution in [0, 0.1) is 10.8 Å². The summed E-state index contributed by atoms with van der Waals surface area (Å²) in [6.07, 6.45) is 6.88. The molecule has 0 atom stereocenters. The SMILES string of the molecule is CC(C)(C)CC/C(=C\C=C=O)CCC(C)(C)C(C)(C)F. The van der Waals surface area contributed by atoms with Crippen LogP contribution >= 0.6 is 0 Å². The Labute approximate surface area is 124 Å². The van der Waals surface area contributed by atoms with E-state index in [0.29, 0.717) is 0 Å². The molecule has 0 aliphatic rings. The van der Waals surface area contributed by atoms with Gasteiger partial charge in [0.1, 0.15) is 11.6 Å². The highest BCUT2D eigenvalue weighted by molar-refractivity contribution is 5.49. The van der Waals surface area contributed by atoms with E-state index in [0.717, 1.165) is 25.7 Å². The predicted molar refractivity (Wildman–Crippen MR) is 85.2 cm³/mol. The molecule has 2 heteroatoms. The standard InChI is InChI=1S/C18H31FO/c1-16(2,3)12-10-15(9-8-14-20)11-13-17(4,5)18(6,7)19/h8-9H,10-13H2,1-7H3/b15-9+. The van der Waals surface area contributed by atoms with Crippen LogP contribution in [0.4, 0.5) is 4.39 Å². The van der Waals surface area contributed by atoms with Crippen LogP contribution in [-0.4, -0.2) is 11.6 Å². The zero-order valence-electron chi connectivity index (χ0n) is 14.3. The Hall–Kier alpha value is -0.880. The minimum atomic E-state index is -1.21. The van der Waals surface area contributed by atoms with Gasteiger partial charge in [0.05, 0.1) is 0 Å². The van der Waals surface area contributed by atoms with E-state index in [1.165, 1.54) is 11.6 Å². The predicted octanol–water partition coefficient (Wildman–Crippen LogP) is 5.68. The molecule has 0 radical (unpaired) electrons. The Kier molecular flexibility index (Phi) is 6.90. The van der Waals surface area contributed by atoms with Crippen molar-refractivity contribution in [1.29, 1.82) is 0 Å². The normalized spacial score (nSPS) is 14.1. The summed E-state index contributed by atoms with van der Waals surface area (Å²) < 4.78 is 14.2. The van der Waals surface area contributed by atoms with Gasteiger partial charge in [-0.25, -0.2) is 9.18 Å². The second-order valence-electron chi connectivity index (χ2n) is 8.03. The number of hydrogen-bond acceptors (Lipinski definition) is 1. The van der Waals surface area contributed by atoms with Crippen molar-refractivity contribution < 1.29 is 9.18 Å². The van der Waals surface area contributed by atoms with Crippen molar-refractivity contribution in [1.82, 2.24) is 0 Å². The molecule has 0 spiro atoms. The molecule has 0 saturated heterocycles. The molecule has 0 N–H and O–H groups in total. The van der Waals surface area contributed by atoms with Crippen LogP contribution in [0.5, 0.6) is 0 Å². The summed E-state index contributed by atoms with van der Waals surface area (Å²) >= 11 is 0. The number of rotatable bonds is 7. The van der Waals surface area contributed by atoms with E-state index >= 15 is 0 Å². The Balaban J connectivity index is 4.73. The van der Waals surface area contributed by atoms with Crippen LogP contribution in [0.15, 0.2) is 17.7 Å². The lowest BCUT2D eigenvalue weighted by Gasteiger charge is -2.35. The lowest BCUT2D eigenvalue weighted by molar-refractivity contribution is 0.0453. The second-order valence-corrected chi connectivity index (χ2v) is 8.03. The van der Waals surface area contributed by atoms with Gasteiger partial charge in [-0.2, -0.15) is 0 Å². The van der Waals surface area contributed by atoms with Crippen LogP contribution in [0.3, 0.4) is 0 Å². The summed E-state index contributed by atoms with van der Waals surface area (Å²) in [5.41, 5.74) is -0.110. The molecule has 116 valence electrons. The van der Waals surface area contributed by atoms with E-state index in [2.05, 4.69) is 20.8 Å². The summed E-state index contributed by atoms with van der Waals surface area (Å²) in [5.74, 6) is 1.80. The first kappa shape index (κ1) is 19.1. The fourth-order valence-electron chi connectivity index (χ4n) is 1.75. The number of hydrogen-bond donors (Lipinski definition) is 0. The fourth-order valence-corrected chi connectivity index (χ4v) is 1.75. The number of halogens is 1. The third kappa shape index (κ3) is 7.65. The van der Waals surface area contributed by atoms with Crippen molar-refractivity contribution in [2.24, 2.45) is 10.8 Å². The third-order valence-electron chi connectivity index (χ3n) is 4.26. The van der Waals surface area contributed by atoms with Crippen LogP contribution in [0.25, 0.3) is 0 Å². The van der Waals surface area contributed by atoms with Crippen molar-refractivity contribution in [3.63, 3.8) is 0 Å². The average Bonchev–Trinajstić information content (AvgIpc) is 2.25. The van der Waals surface area contributed by atoms with Gasteiger partial charge in [0.25, 0.3) is 0 Å². The zero-order valence-corrected chi connectivity index (χ0v) is 14.3. The van der Waals surface area contributed by atoms with Crippen molar-refractivity contribution in [3.8, 4) is 0 Å². The number of alkyl halides is 1. The van der Waals surface area contributed by atoms with Gasteiger partial charge in [-0.15, -0.1) is 0 Å². The Morgan fingerprint density at radius 2 is 1.50 bits per heavy atom. The molecule has 20 heavy (non-hydrogen) atoms. The van der Waals surface area contributed by atoms with E-state index in [1.54, 1.807) is 19.8 Å². The summed E-state index contributed by atoms with van der Waals surface area (Å²) in [5, 5.41) is 0. The summed E-state index contributed by atoms with van der Waals surface area (Å²) in [4.78, 5) is 10.4. The highest BCUT2D eigenvalue weighted by atomic mass is 19.1. The third-order valence-corrected chi connectivity index (χ3v) is 4.26. The van der Waals surface area contributed by atoms with Crippen molar-refractivity contribution in [2.45, 2.75) is 79.8 Å². The fraction of sp³-hybridized carbons (Fsp3) is 0.778. The smallest absolute Gasteiger partial charge is 0.124 e. The Morgan fingerprint density at radius 1 is 1.00 bits per heavy atom. The largest absolute Gasteiger partial charge is 0.244 e. The van der Waals surface area contributed by atoms with Gasteiger partial charge in [0.2, 0.25) is 0 Å². The maximum Gasteiger partial charge on any atom is 0.124 e. The first-order valence-corrected chi connectivity index (χ1v) is 7.47. The first-order chi connectivity index (χ1) is 8.89. The second kappa shape index (κ2) is 7.22. The zero-order chi connectivity index (χ0) is 16.0. The molecular weight excluding hydrogens is 251 g/mol. The van der Waals surface area contributed by atoms with Crippen molar-refractivity contribution >= 4 is 5.94 Å². The van der Waals surface area contributed by atoms with Crippen LogP contribution < -0.4 is 0 Å². The molecule has 0 amide bonds. The van der Waals surface area contributed by atoms with Gasteiger partial charge in [-0.3, -0.25) is 0 Å². The number of carbonyl (C=O) groups excluding carboxylic acids is 1. The molecule has 0 aliphatic heterocycles. The van der Waals surface area contributed by atoms with E-state index in [-0.39, 0.29) is 10.8 Å². The van der Waals surface area contributed by atoms with Gasteiger partial charge >= 0.3 is 0 Å². The molecule has 0 unspecified atom stereocenters. The maximum atomic E-state index is 14.2. The lowest BCUT2D eigenvalue weighted by Crippen LogP contribution is -2.34. The van der Waals surface area contributed by atoms with Gasteiger partial charge in [0.15, 0.2) is 0 Å². The molecule has 0 fully saturated rings. The first-order valence-electron chi connectivity index (χ1n) is 7.47. The molecule has 0 heterocycles. The van der Waals surface area contributed by atoms with Crippen LogP contribution in [-0.2, 0) is 4.79 Å². The lowest BCUT2D eigenvalue weighted by atomic mass is 9.74. The number of allylic oxidation sites excluding steroid dienone is 3. The molecule has 0 aromatic rings. The highest BCUT2D eigenvalue weighted by Gasteiger charge is 2.36.